The fourth-order valence-corrected chi connectivity index (χ4v) is 1.14. The van der Waals surface area contributed by atoms with Gasteiger partial charge < -0.3 is 4.74 Å². The largest absolute Gasteiger partial charge is 0.435 e. The summed E-state index contributed by atoms with van der Waals surface area (Å²) in [4.78, 5) is 0. The Labute approximate surface area is 92.2 Å². The third kappa shape index (κ3) is 4.22. The molecule has 0 radical (unpaired) electrons. The number of halogens is 3. The van der Waals surface area contributed by atoms with Crippen LogP contribution in [0.25, 0.3) is 0 Å². The first-order valence-electron chi connectivity index (χ1n) is 5.22. The lowest BCUT2D eigenvalue weighted by molar-refractivity contribution is -0.141. The van der Waals surface area contributed by atoms with E-state index >= 15 is 0 Å². The van der Waals surface area contributed by atoms with E-state index in [1.807, 2.05) is 6.92 Å². The third-order valence-corrected chi connectivity index (χ3v) is 2.04. The van der Waals surface area contributed by atoms with Crippen molar-refractivity contribution in [2.75, 3.05) is 13.2 Å². The van der Waals surface area contributed by atoms with Crippen molar-refractivity contribution >= 4 is 0 Å². The standard InChI is InChI=1S/C10H15F3N2O/c1-2-3-7-16-8-6-15-5-4-9(14-15)10(11,12)13/h4-5H,2-3,6-8H2,1H3. The highest BCUT2D eigenvalue weighted by Crippen LogP contribution is 2.27. The van der Waals surface area contributed by atoms with Gasteiger partial charge in [0, 0.05) is 12.8 Å². The monoisotopic (exact) mass is 236 g/mol. The van der Waals surface area contributed by atoms with E-state index in [4.69, 9.17) is 4.74 Å². The predicted molar refractivity (Wildman–Crippen MR) is 53.0 cm³/mol. The Kier molecular flexibility index (Phi) is 4.79. The van der Waals surface area contributed by atoms with E-state index in [9.17, 15) is 13.2 Å². The fourth-order valence-electron chi connectivity index (χ4n) is 1.14. The van der Waals surface area contributed by atoms with Gasteiger partial charge in [0.05, 0.1) is 13.2 Å². The molecular weight excluding hydrogens is 221 g/mol. The Bertz CT molecular complexity index is 309. The van der Waals surface area contributed by atoms with Gasteiger partial charge in [-0.15, -0.1) is 0 Å². The topological polar surface area (TPSA) is 27.1 Å². The minimum Gasteiger partial charge on any atom is -0.380 e. The van der Waals surface area contributed by atoms with Crippen molar-refractivity contribution in [2.24, 2.45) is 0 Å². The highest BCUT2D eigenvalue weighted by atomic mass is 19.4. The molecule has 1 rings (SSSR count). The van der Waals surface area contributed by atoms with Gasteiger partial charge in [-0.2, -0.15) is 18.3 Å². The zero-order valence-corrected chi connectivity index (χ0v) is 9.13. The molecule has 0 aliphatic heterocycles. The van der Waals surface area contributed by atoms with Crippen LogP contribution in [0.4, 0.5) is 13.2 Å². The lowest BCUT2D eigenvalue weighted by Gasteiger charge is -2.04. The van der Waals surface area contributed by atoms with Gasteiger partial charge in [0.2, 0.25) is 0 Å². The zero-order chi connectivity index (χ0) is 12.0. The molecule has 0 N–H and O–H groups in total. The Morgan fingerprint density at radius 1 is 1.38 bits per heavy atom. The van der Waals surface area contributed by atoms with Crippen molar-refractivity contribution in [3.63, 3.8) is 0 Å². The van der Waals surface area contributed by atoms with Crippen LogP contribution in [0.3, 0.4) is 0 Å². The van der Waals surface area contributed by atoms with Crippen LogP contribution in [-0.4, -0.2) is 23.0 Å². The van der Waals surface area contributed by atoms with Crippen molar-refractivity contribution < 1.29 is 17.9 Å². The summed E-state index contributed by atoms with van der Waals surface area (Å²) in [5, 5.41) is 3.41. The van der Waals surface area contributed by atoms with Gasteiger partial charge in [0.25, 0.3) is 0 Å². The molecule has 1 aromatic rings. The van der Waals surface area contributed by atoms with E-state index in [0.29, 0.717) is 19.8 Å². The summed E-state index contributed by atoms with van der Waals surface area (Å²) in [6.45, 7) is 3.43. The quantitative estimate of drug-likeness (QED) is 0.710. The Balaban J connectivity index is 2.30. The zero-order valence-electron chi connectivity index (χ0n) is 9.13. The van der Waals surface area contributed by atoms with Gasteiger partial charge in [-0.25, -0.2) is 0 Å². The molecule has 0 aliphatic carbocycles. The average Bonchev–Trinajstić information content (AvgIpc) is 2.65. The van der Waals surface area contributed by atoms with Crippen molar-refractivity contribution in [3.05, 3.63) is 18.0 Å². The van der Waals surface area contributed by atoms with Crippen LogP contribution < -0.4 is 0 Å². The summed E-state index contributed by atoms with van der Waals surface area (Å²) >= 11 is 0. The second-order valence-electron chi connectivity index (χ2n) is 3.43. The van der Waals surface area contributed by atoms with Gasteiger partial charge >= 0.3 is 6.18 Å². The SMILES string of the molecule is CCCCOCCn1ccc(C(F)(F)F)n1. The molecule has 0 atom stereocenters. The van der Waals surface area contributed by atoms with E-state index < -0.39 is 11.9 Å². The summed E-state index contributed by atoms with van der Waals surface area (Å²) in [6, 6.07) is 0.964. The summed E-state index contributed by atoms with van der Waals surface area (Å²) < 4.78 is 43.0. The van der Waals surface area contributed by atoms with Gasteiger partial charge in [0.15, 0.2) is 5.69 Å². The fraction of sp³-hybridized carbons (Fsp3) is 0.700. The molecule has 16 heavy (non-hydrogen) atoms. The molecule has 92 valence electrons. The van der Waals surface area contributed by atoms with Crippen LogP contribution in [0.2, 0.25) is 0 Å². The first-order valence-corrected chi connectivity index (χ1v) is 5.22. The van der Waals surface area contributed by atoms with Crippen LogP contribution >= 0.6 is 0 Å². The van der Waals surface area contributed by atoms with Crippen molar-refractivity contribution in [3.8, 4) is 0 Å². The highest BCUT2D eigenvalue weighted by Gasteiger charge is 2.33. The molecule has 0 amide bonds. The molecule has 0 saturated carbocycles. The molecule has 0 aromatic carbocycles. The molecule has 0 fully saturated rings. The lowest BCUT2D eigenvalue weighted by Crippen LogP contribution is -2.10. The number of rotatable bonds is 6. The first kappa shape index (κ1) is 13.0. The minimum absolute atomic E-state index is 0.347. The smallest absolute Gasteiger partial charge is 0.380 e. The number of hydrogen-bond donors (Lipinski definition) is 0. The van der Waals surface area contributed by atoms with Crippen LogP contribution in [0, 0.1) is 0 Å². The normalized spacial score (nSPS) is 12.0. The van der Waals surface area contributed by atoms with E-state index in [1.165, 1.54) is 10.9 Å². The Hall–Kier alpha value is -1.04. The molecule has 0 saturated heterocycles. The van der Waals surface area contributed by atoms with E-state index in [-0.39, 0.29) is 0 Å². The third-order valence-electron chi connectivity index (χ3n) is 2.04. The number of aromatic nitrogens is 2. The predicted octanol–water partition coefficient (Wildman–Crippen LogP) is 2.72. The van der Waals surface area contributed by atoms with Crippen molar-refractivity contribution in [1.82, 2.24) is 9.78 Å². The lowest BCUT2D eigenvalue weighted by atomic mass is 10.4. The minimum atomic E-state index is -4.37. The summed E-state index contributed by atoms with van der Waals surface area (Å²) in [7, 11) is 0. The highest BCUT2D eigenvalue weighted by molar-refractivity contribution is 5.03. The maximum Gasteiger partial charge on any atom is 0.435 e. The maximum atomic E-state index is 12.2. The maximum absolute atomic E-state index is 12.2. The van der Waals surface area contributed by atoms with Gasteiger partial charge in [0.1, 0.15) is 0 Å². The van der Waals surface area contributed by atoms with Gasteiger partial charge in [-0.3, -0.25) is 4.68 Å². The second kappa shape index (κ2) is 5.89. The molecule has 0 spiro atoms. The van der Waals surface area contributed by atoms with E-state index in [1.54, 1.807) is 0 Å². The van der Waals surface area contributed by atoms with Crippen LogP contribution in [0.5, 0.6) is 0 Å². The van der Waals surface area contributed by atoms with Crippen LogP contribution in [0.1, 0.15) is 25.5 Å². The molecule has 0 bridgehead atoms. The van der Waals surface area contributed by atoms with Crippen LogP contribution in [-0.2, 0) is 17.5 Å². The first-order chi connectivity index (χ1) is 7.54. The van der Waals surface area contributed by atoms with E-state index in [2.05, 4.69) is 5.10 Å². The van der Waals surface area contributed by atoms with Crippen molar-refractivity contribution in [2.45, 2.75) is 32.5 Å². The Morgan fingerprint density at radius 3 is 2.69 bits per heavy atom. The van der Waals surface area contributed by atoms with E-state index in [0.717, 1.165) is 18.9 Å². The second-order valence-corrected chi connectivity index (χ2v) is 3.43. The molecule has 3 nitrogen and oxygen atoms in total. The van der Waals surface area contributed by atoms with Crippen LogP contribution in [0.15, 0.2) is 12.3 Å². The number of hydrogen-bond acceptors (Lipinski definition) is 2. The molecule has 0 unspecified atom stereocenters. The molecule has 6 heteroatoms. The van der Waals surface area contributed by atoms with Gasteiger partial charge in [-0.05, 0) is 12.5 Å². The number of ether oxygens (including phenoxy) is 1. The number of alkyl halides is 3. The number of nitrogens with zero attached hydrogens (tertiary/aromatic N) is 2. The molecular formula is C10H15F3N2O. The summed E-state index contributed by atoms with van der Waals surface area (Å²) in [5.74, 6) is 0. The summed E-state index contributed by atoms with van der Waals surface area (Å²) in [5.41, 5.74) is -0.860. The summed E-state index contributed by atoms with van der Waals surface area (Å²) in [6.07, 6.45) is -1.05. The molecule has 1 aromatic heterocycles. The Morgan fingerprint density at radius 2 is 2.12 bits per heavy atom. The number of unbranched alkanes of at least 4 members (excludes halogenated alkanes) is 1. The average molecular weight is 236 g/mol. The molecule has 0 aliphatic rings. The van der Waals surface area contributed by atoms with Crippen molar-refractivity contribution in [1.29, 1.82) is 0 Å². The molecule has 1 heterocycles. The van der Waals surface area contributed by atoms with Gasteiger partial charge in [-0.1, -0.05) is 13.3 Å².